The summed E-state index contributed by atoms with van der Waals surface area (Å²) in [4.78, 5) is 5.33. The van der Waals surface area contributed by atoms with Crippen LogP contribution in [0.3, 0.4) is 0 Å². The van der Waals surface area contributed by atoms with Crippen molar-refractivity contribution >= 4 is 34.5 Å². The summed E-state index contributed by atoms with van der Waals surface area (Å²) in [6.45, 7) is 3.41. The Morgan fingerprint density at radius 1 is 1.32 bits per heavy atom. The molecule has 7 nitrogen and oxygen atoms in total. The van der Waals surface area contributed by atoms with Crippen LogP contribution in [0.4, 0.5) is 0 Å². The van der Waals surface area contributed by atoms with E-state index in [0.29, 0.717) is 29.9 Å². The number of rotatable bonds is 6. The van der Waals surface area contributed by atoms with Crippen molar-refractivity contribution in [2.24, 2.45) is 4.99 Å². The molecular weight excluding hydrogens is 360 g/mol. The number of nitrogens with zero attached hydrogens (tertiary/aromatic N) is 4. The van der Waals surface area contributed by atoms with Crippen LogP contribution in [0.1, 0.15) is 23.7 Å². The van der Waals surface area contributed by atoms with Gasteiger partial charge in [0.05, 0.1) is 4.34 Å². The highest BCUT2D eigenvalue weighted by atomic mass is 35.5. The first-order valence-corrected chi connectivity index (χ1v) is 9.11. The third-order valence-corrected chi connectivity index (χ3v) is 4.82. The van der Waals surface area contributed by atoms with Crippen LogP contribution in [0.15, 0.2) is 41.5 Å². The van der Waals surface area contributed by atoms with E-state index in [4.69, 9.17) is 11.6 Å². The molecule has 0 saturated carbocycles. The Labute approximate surface area is 154 Å². The van der Waals surface area contributed by atoms with Crippen molar-refractivity contribution in [1.82, 2.24) is 25.2 Å². The zero-order chi connectivity index (χ0) is 17.6. The SMILES string of the molecule is CCNC(=NCc1nnc2ccccn12)NCC(O)c1ccc(Cl)s1. The Hall–Kier alpha value is -2.16. The summed E-state index contributed by atoms with van der Waals surface area (Å²) >= 11 is 7.27. The van der Waals surface area contributed by atoms with Crippen LogP contribution in [-0.2, 0) is 6.54 Å². The molecule has 25 heavy (non-hydrogen) atoms. The van der Waals surface area contributed by atoms with E-state index < -0.39 is 6.10 Å². The topological polar surface area (TPSA) is 86.8 Å². The second kappa shape index (κ2) is 8.28. The summed E-state index contributed by atoms with van der Waals surface area (Å²) in [5.74, 6) is 1.36. The first-order chi connectivity index (χ1) is 12.2. The van der Waals surface area contributed by atoms with E-state index in [0.717, 1.165) is 16.3 Å². The Balaban J connectivity index is 1.64. The van der Waals surface area contributed by atoms with Gasteiger partial charge >= 0.3 is 0 Å². The van der Waals surface area contributed by atoms with Gasteiger partial charge in [0.1, 0.15) is 12.6 Å². The van der Waals surface area contributed by atoms with Crippen molar-refractivity contribution in [2.45, 2.75) is 19.6 Å². The standard InChI is InChI=1S/C16H19ClN6OS/c1-2-18-16(19-9-11(24)12-6-7-13(17)25-12)20-10-15-22-21-14-5-3-4-8-23(14)15/h3-8,11,24H,2,9-10H2,1H3,(H2,18,19,20). The molecule has 132 valence electrons. The van der Waals surface area contributed by atoms with E-state index in [-0.39, 0.29) is 0 Å². The van der Waals surface area contributed by atoms with E-state index >= 15 is 0 Å². The first-order valence-electron chi connectivity index (χ1n) is 7.91. The number of aliphatic hydroxyl groups is 1. The van der Waals surface area contributed by atoms with Crippen LogP contribution >= 0.6 is 22.9 Å². The molecule has 9 heteroatoms. The van der Waals surface area contributed by atoms with Gasteiger partial charge in [-0.3, -0.25) is 4.40 Å². The van der Waals surface area contributed by atoms with E-state index in [1.54, 1.807) is 6.07 Å². The van der Waals surface area contributed by atoms with Gasteiger partial charge in [0.2, 0.25) is 0 Å². The number of aliphatic imine (C=N–C) groups is 1. The molecule has 0 saturated heterocycles. The quantitative estimate of drug-likeness (QED) is 0.452. The molecular formula is C16H19ClN6OS. The van der Waals surface area contributed by atoms with Gasteiger partial charge in [-0.1, -0.05) is 17.7 Å². The van der Waals surface area contributed by atoms with E-state index in [1.807, 2.05) is 41.8 Å². The maximum absolute atomic E-state index is 10.2. The fourth-order valence-corrected chi connectivity index (χ4v) is 3.34. The number of pyridine rings is 1. The fraction of sp³-hybridized carbons (Fsp3) is 0.312. The molecule has 0 aliphatic rings. The van der Waals surface area contributed by atoms with Gasteiger partial charge in [-0.25, -0.2) is 4.99 Å². The van der Waals surface area contributed by atoms with Crippen LogP contribution < -0.4 is 10.6 Å². The zero-order valence-electron chi connectivity index (χ0n) is 13.7. The molecule has 3 N–H and O–H groups in total. The maximum atomic E-state index is 10.2. The Bertz CT molecular complexity index is 861. The van der Waals surface area contributed by atoms with E-state index in [2.05, 4.69) is 25.8 Å². The minimum Gasteiger partial charge on any atom is -0.386 e. The fourth-order valence-electron chi connectivity index (χ4n) is 2.29. The second-order valence-electron chi connectivity index (χ2n) is 5.28. The lowest BCUT2D eigenvalue weighted by Crippen LogP contribution is -2.39. The van der Waals surface area contributed by atoms with Crippen LogP contribution in [0, 0.1) is 0 Å². The van der Waals surface area contributed by atoms with E-state index in [1.165, 1.54) is 11.3 Å². The molecule has 0 amide bonds. The third-order valence-electron chi connectivity index (χ3n) is 3.49. The predicted molar refractivity (Wildman–Crippen MR) is 100 cm³/mol. The van der Waals surface area contributed by atoms with Gasteiger partial charge in [0.15, 0.2) is 17.4 Å². The van der Waals surface area contributed by atoms with Gasteiger partial charge in [-0.2, -0.15) is 0 Å². The number of nitrogens with one attached hydrogen (secondary N) is 2. The Kier molecular flexibility index (Phi) is 5.85. The highest BCUT2D eigenvalue weighted by Gasteiger charge is 2.11. The van der Waals surface area contributed by atoms with Crippen LogP contribution in [-0.4, -0.2) is 38.8 Å². The molecule has 3 aromatic heterocycles. The van der Waals surface area contributed by atoms with Crippen molar-refractivity contribution in [3.8, 4) is 0 Å². The van der Waals surface area contributed by atoms with Crippen LogP contribution in [0.5, 0.6) is 0 Å². The number of aliphatic hydroxyl groups excluding tert-OH is 1. The van der Waals surface area contributed by atoms with Gasteiger partial charge in [0.25, 0.3) is 0 Å². The molecule has 3 rings (SSSR count). The molecule has 0 aromatic carbocycles. The molecule has 0 fully saturated rings. The minimum absolute atomic E-state index is 0.337. The zero-order valence-corrected chi connectivity index (χ0v) is 15.3. The number of aromatic nitrogens is 3. The number of fused-ring (bicyclic) bond motifs is 1. The first kappa shape index (κ1) is 17.7. The molecule has 0 spiro atoms. The lowest BCUT2D eigenvalue weighted by molar-refractivity contribution is 0.184. The molecule has 0 aliphatic heterocycles. The summed E-state index contributed by atoms with van der Waals surface area (Å²) < 4.78 is 2.56. The van der Waals surface area contributed by atoms with Gasteiger partial charge < -0.3 is 15.7 Å². The highest BCUT2D eigenvalue weighted by Crippen LogP contribution is 2.26. The lowest BCUT2D eigenvalue weighted by atomic mass is 10.3. The smallest absolute Gasteiger partial charge is 0.191 e. The molecule has 3 aromatic rings. The summed E-state index contributed by atoms with van der Waals surface area (Å²) in [5.41, 5.74) is 0.788. The van der Waals surface area contributed by atoms with Gasteiger partial charge in [-0.15, -0.1) is 21.5 Å². The summed E-state index contributed by atoms with van der Waals surface area (Å²) in [5, 5.41) is 24.8. The van der Waals surface area contributed by atoms with Gasteiger partial charge in [0, 0.05) is 24.2 Å². The highest BCUT2D eigenvalue weighted by molar-refractivity contribution is 7.16. The Morgan fingerprint density at radius 2 is 2.20 bits per heavy atom. The molecule has 1 unspecified atom stereocenters. The average Bonchev–Trinajstić information content (AvgIpc) is 3.23. The van der Waals surface area contributed by atoms with E-state index in [9.17, 15) is 5.11 Å². The van der Waals surface area contributed by atoms with Crippen molar-refractivity contribution < 1.29 is 5.11 Å². The lowest BCUT2D eigenvalue weighted by Gasteiger charge is -2.14. The Morgan fingerprint density at radius 3 is 2.96 bits per heavy atom. The van der Waals surface area contributed by atoms with Crippen LogP contribution in [0.25, 0.3) is 5.65 Å². The number of hydrogen-bond donors (Lipinski definition) is 3. The number of halogens is 1. The summed E-state index contributed by atoms with van der Waals surface area (Å²) in [6.07, 6.45) is 1.26. The number of thiophene rings is 1. The number of hydrogen-bond acceptors (Lipinski definition) is 5. The molecule has 0 bridgehead atoms. The minimum atomic E-state index is -0.643. The molecule has 1 atom stereocenters. The average molecular weight is 379 g/mol. The number of guanidine groups is 1. The van der Waals surface area contributed by atoms with Crippen molar-refractivity contribution in [2.75, 3.05) is 13.1 Å². The molecule has 0 aliphatic carbocycles. The molecule has 3 heterocycles. The van der Waals surface area contributed by atoms with Crippen molar-refractivity contribution in [3.63, 3.8) is 0 Å². The van der Waals surface area contributed by atoms with Gasteiger partial charge in [-0.05, 0) is 31.2 Å². The van der Waals surface area contributed by atoms with Crippen molar-refractivity contribution in [3.05, 3.63) is 51.6 Å². The normalized spacial score (nSPS) is 13.2. The molecule has 0 radical (unpaired) electrons. The van der Waals surface area contributed by atoms with Crippen LogP contribution in [0.2, 0.25) is 4.34 Å². The largest absolute Gasteiger partial charge is 0.386 e. The summed E-state index contributed by atoms with van der Waals surface area (Å²) in [6, 6.07) is 9.34. The summed E-state index contributed by atoms with van der Waals surface area (Å²) in [7, 11) is 0. The predicted octanol–water partition coefficient (Wildman–Crippen LogP) is 2.23. The third kappa shape index (κ3) is 4.47. The second-order valence-corrected chi connectivity index (χ2v) is 7.03. The maximum Gasteiger partial charge on any atom is 0.191 e. The monoisotopic (exact) mass is 378 g/mol. The van der Waals surface area contributed by atoms with Crippen molar-refractivity contribution in [1.29, 1.82) is 0 Å².